The molecule has 0 saturated carbocycles. The third-order valence-electron chi connectivity index (χ3n) is 4.32. The first-order valence-corrected chi connectivity index (χ1v) is 8.32. The summed E-state index contributed by atoms with van der Waals surface area (Å²) in [6.45, 7) is 6.76. The third-order valence-corrected chi connectivity index (χ3v) is 4.32. The lowest BCUT2D eigenvalue weighted by Crippen LogP contribution is -2.49. The van der Waals surface area contributed by atoms with Crippen LogP contribution in [0.4, 0.5) is 0 Å². The van der Waals surface area contributed by atoms with Gasteiger partial charge in [-0.05, 0) is 6.92 Å². The molecule has 0 atom stereocenters. The molecular formula is C16H22N6O3. The standard InChI is InChI=1S/C16H22N6O3/c1-2-21-10-13(7-17-21)9-19-3-5-20(6-4-19)15(23)12-22-11-14(8-18-22)16(24)25/h7-8,10-11H,2-6,9,12H2,1H3,(H,24,25). The van der Waals surface area contributed by atoms with Gasteiger partial charge in [0, 0.05) is 57.2 Å². The van der Waals surface area contributed by atoms with Crippen molar-refractivity contribution in [3.8, 4) is 0 Å². The first-order chi connectivity index (χ1) is 12.0. The number of piperazine rings is 1. The van der Waals surface area contributed by atoms with Crippen molar-refractivity contribution in [2.75, 3.05) is 26.2 Å². The van der Waals surface area contributed by atoms with Gasteiger partial charge in [0.1, 0.15) is 6.54 Å². The summed E-state index contributed by atoms with van der Waals surface area (Å²) in [5.41, 5.74) is 1.27. The maximum absolute atomic E-state index is 12.3. The number of carbonyl (C=O) groups excluding carboxylic acids is 1. The van der Waals surface area contributed by atoms with Gasteiger partial charge in [-0.2, -0.15) is 10.2 Å². The fourth-order valence-corrected chi connectivity index (χ4v) is 2.87. The smallest absolute Gasteiger partial charge is 0.338 e. The van der Waals surface area contributed by atoms with Gasteiger partial charge in [-0.15, -0.1) is 0 Å². The number of nitrogens with zero attached hydrogens (tertiary/aromatic N) is 6. The molecule has 2 aromatic rings. The number of amides is 1. The normalized spacial score (nSPS) is 15.5. The largest absolute Gasteiger partial charge is 0.478 e. The van der Waals surface area contributed by atoms with Crippen LogP contribution < -0.4 is 0 Å². The topological polar surface area (TPSA) is 96.5 Å². The Bertz CT molecular complexity index is 745. The Kier molecular flexibility index (Phi) is 5.13. The van der Waals surface area contributed by atoms with Gasteiger partial charge in [0.15, 0.2) is 0 Å². The Labute approximate surface area is 145 Å². The van der Waals surface area contributed by atoms with E-state index in [2.05, 4.69) is 28.2 Å². The Morgan fingerprint density at radius 3 is 2.40 bits per heavy atom. The fraction of sp³-hybridized carbons (Fsp3) is 0.500. The van der Waals surface area contributed by atoms with Crippen LogP contribution in [0.25, 0.3) is 0 Å². The third kappa shape index (κ3) is 4.24. The van der Waals surface area contributed by atoms with Crippen molar-refractivity contribution in [1.82, 2.24) is 29.4 Å². The van der Waals surface area contributed by atoms with Crippen LogP contribution in [0.3, 0.4) is 0 Å². The Morgan fingerprint density at radius 1 is 1.08 bits per heavy atom. The molecule has 1 saturated heterocycles. The summed E-state index contributed by atoms with van der Waals surface area (Å²) in [6, 6.07) is 0. The van der Waals surface area contributed by atoms with Crippen molar-refractivity contribution >= 4 is 11.9 Å². The van der Waals surface area contributed by atoms with Gasteiger partial charge in [-0.1, -0.05) is 0 Å². The molecule has 3 rings (SSSR count). The van der Waals surface area contributed by atoms with Crippen molar-refractivity contribution in [2.45, 2.75) is 26.6 Å². The number of aromatic carboxylic acids is 1. The molecule has 9 nitrogen and oxygen atoms in total. The van der Waals surface area contributed by atoms with Crippen LogP contribution in [0.5, 0.6) is 0 Å². The SMILES string of the molecule is CCn1cc(CN2CCN(C(=O)Cn3cc(C(=O)O)cn3)CC2)cn1. The average molecular weight is 346 g/mol. The van der Waals surface area contributed by atoms with Gasteiger partial charge in [0.25, 0.3) is 0 Å². The van der Waals surface area contributed by atoms with E-state index in [1.54, 1.807) is 4.90 Å². The monoisotopic (exact) mass is 346 g/mol. The minimum Gasteiger partial charge on any atom is -0.478 e. The van der Waals surface area contributed by atoms with Gasteiger partial charge in [-0.3, -0.25) is 19.1 Å². The number of aryl methyl sites for hydroxylation is 1. The van der Waals surface area contributed by atoms with Crippen LogP contribution in [0.15, 0.2) is 24.8 Å². The van der Waals surface area contributed by atoms with Crippen LogP contribution >= 0.6 is 0 Å². The number of carboxylic acids is 1. The summed E-state index contributed by atoms with van der Waals surface area (Å²) < 4.78 is 3.28. The first kappa shape index (κ1) is 17.2. The molecule has 134 valence electrons. The predicted octanol–water partition coefficient (Wildman–Crippen LogP) is 0.142. The van der Waals surface area contributed by atoms with E-state index in [-0.39, 0.29) is 18.0 Å². The molecule has 1 N–H and O–H groups in total. The Hall–Kier alpha value is -2.68. The van der Waals surface area contributed by atoms with Crippen LogP contribution in [0.2, 0.25) is 0 Å². The number of aromatic nitrogens is 4. The minimum atomic E-state index is -1.04. The van der Waals surface area contributed by atoms with Crippen molar-refractivity contribution < 1.29 is 14.7 Å². The van der Waals surface area contributed by atoms with Crippen molar-refractivity contribution in [2.24, 2.45) is 0 Å². The van der Waals surface area contributed by atoms with Crippen molar-refractivity contribution in [3.05, 3.63) is 35.9 Å². The number of carboxylic acid groups (broad SMARTS) is 1. The highest BCUT2D eigenvalue weighted by Crippen LogP contribution is 2.09. The molecular weight excluding hydrogens is 324 g/mol. The van der Waals surface area contributed by atoms with E-state index in [0.29, 0.717) is 13.1 Å². The number of rotatable bonds is 6. The average Bonchev–Trinajstić information content (AvgIpc) is 3.25. The second-order valence-corrected chi connectivity index (χ2v) is 6.09. The molecule has 0 aliphatic carbocycles. The van der Waals surface area contributed by atoms with E-state index < -0.39 is 5.97 Å². The minimum absolute atomic E-state index is 0.0431. The number of hydrogen-bond acceptors (Lipinski definition) is 5. The molecule has 0 aromatic carbocycles. The van der Waals surface area contributed by atoms with Crippen LogP contribution in [-0.2, 0) is 24.4 Å². The van der Waals surface area contributed by atoms with Gasteiger partial charge < -0.3 is 10.0 Å². The Balaban J connectivity index is 1.47. The highest BCUT2D eigenvalue weighted by molar-refractivity contribution is 5.87. The summed E-state index contributed by atoms with van der Waals surface area (Å²) in [6.07, 6.45) is 6.57. The maximum Gasteiger partial charge on any atom is 0.338 e. The van der Waals surface area contributed by atoms with Crippen molar-refractivity contribution in [1.29, 1.82) is 0 Å². The van der Waals surface area contributed by atoms with E-state index >= 15 is 0 Å². The van der Waals surface area contributed by atoms with Crippen LogP contribution in [0.1, 0.15) is 22.8 Å². The Morgan fingerprint density at radius 2 is 1.80 bits per heavy atom. The number of carbonyl (C=O) groups is 2. The summed E-state index contributed by atoms with van der Waals surface area (Å²) in [4.78, 5) is 27.3. The number of hydrogen-bond donors (Lipinski definition) is 1. The lowest BCUT2D eigenvalue weighted by atomic mass is 10.2. The molecule has 0 unspecified atom stereocenters. The van der Waals surface area contributed by atoms with Crippen molar-refractivity contribution in [3.63, 3.8) is 0 Å². The van der Waals surface area contributed by atoms with Gasteiger partial charge in [0.05, 0.1) is 18.0 Å². The maximum atomic E-state index is 12.3. The highest BCUT2D eigenvalue weighted by atomic mass is 16.4. The first-order valence-electron chi connectivity index (χ1n) is 8.32. The van der Waals surface area contributed by atoms with E-state index in [1.807, 2.05) is 10.9 Å². The summed E-state index contributed by atoms with van der Waals surface area (Å²) >= 11 is 0. The summed E-state index contributed by atoms with van der Waals surface area (Å²) in [7, 11) is 0. The quantitative estimate of drug-likeness (QED) is 0.799. The van der Waals surface area contributed by atoms with Gasteiger partial charge in [-0.25, -0.2) is 4.79 Å². The van der Waals surface area contributed by atoms with Crippen LogP contribution in [-0.4, -0.2) is 72.5 Å². The van der Waals surface area contributed by atoms with E-state index in [9.17, 15) is 9.59 Å². The van der Waals surface area contributed by atoms with Gasteiger partial charge in [0.2, 0.25) is 5.91 Å². The fourth-order valence-electron chi connectivity index (χ4n) is 2.87. The molecule has 3 heterocycles. The van der Waals surface area contributed by atoms with Gasteiger partial charge >= 0.3 is 5.97 Å². The zero-order valence-electron chi connectivity index (χ0n) is 14.2. The molecule has 2 aromatic heterocycles. The molecule has 25 heavy (non-hydrogen) atoms. The molecule has 9 heteroatoms. The second-order valence-electron chi connectivity index (χ2n) is 6.09. The lowest BCUT2D eigenvalue weighted by Gasteiger charge is -2.34. The van der Waals surface area contributed by atoms with Crippen LogP contribution in [0, 0.1) is 0 Å². The van der Waals surface area contributed by atoms with E-state index in [4.69, 9.17) is 5.11 Å². The molecule has 0 spiro atoms. The highest BCUT2D eigenvalue weighted by Gasteiger charge is 2.22. The molecule has 1 fully saturated rings. The second kappa shape index (κ2) is 7.47. The molecule has 1 aliphatic heterocycles. The lowest BCUT2D eigenvalue weighted by molar-refractivity contribution is -0.133. The zero-order chi connectivity index (χ0) is 17.8. The molecule has 1 aliphatic rings. The van der Waals surface area contributed by atoms with E-state index in [1.165, 1.54) is 22.6 Å². The molecule has 0 bridgehead atoms. The summed E-state index contributed by atoms with van der Waals surface area (Å²) in [5.74, 6) is -1.09. The molecule has 1 amide bonds. The molecule has 0 radical (unpaired) electrons. The predicted molar refractivity (Wildman–Crippen MR) is 88.9 cm³/mol. The van der Waals surface area contributed by atoms with E-state index in [0.717, 1.165) is 26.2 Å². The zero-order valence-corrected chi connectivity index (χ0v) is 14.2. The summed E-state index contributed by atoms with van der Waals surface area (Å²) in [5, 5.41) is 17.1.